The molecule has 0 rings (SSSR count). The van der Waals surface area contributed by atoms with E-state index < -0.39 is 0 Å². The quantitative estimate of drug-likeness (QED) is 0.334. The Morgan fingerprint density at radius 1 is 1.27 bits per heavy atom. The summed E-state index contributed by atoms with van der Waals surface area (Å²) in [6.07, 6.45) is 3.73. The van der Waals surface area contributed by atoms with Gasteiger partial charge >= 0.3 is 0 Å². The highest BCUT2D eigenvalue weighted by Gasteiger charge is 1.87. The Morgan fingerprint density at radius 2 is 2.09 bits per heavy atom. The summed E-state index contributed by atoms with van der Waals surface area (Å²) >= 11 is 4.01. The van der Waals surface area contributed by atoms with E-state index in [0.29, 0.717) is 0 Å². The van der Waals surface area contributed by atoms with Crippen LogP contribution in [0.1, 0.15) is 26.2 Å². The van der Waals surface area contributed by atoms with Crippen LogP contribution in [0.15, 0.2) is 0 Å². The minimum Gasteiger partial charge on any atom is -0.380 e. The Hall–Kier alpha value is 0.270. The number of nitrogens with one attached hydrogen (secondary N) is 1. The van der Waals surface area contributed by atoms with E-state index in [1.165, 1.54) is 19.3 Å². The summed E-state index contributed by atoms with van der Waals surface area (Å²) in [5.74, 6) is 0.734. The molecule has 0 amide bonds. The van der Waals surface area contributed by atoms with Gasteiger partial charge in [0.2, 0.25) is 0 Å². The average molecular weight is 177 g/mol. The first kappa shape index (κ1) is 11.3. The van der Waals surface area contributed by atoms with Crippen LogP contribution in [-0.4, -0.2) is 25.6 Å². The highest BCUT2D eigenvalue weighted by molar-refractivity contribution is 7.80. The lowest BCUT2D eigenvalue weighted by Gasteiger charge is -2.02. The summed E-state index contributed by atoms with van der Waals surface area (Å²) in [4.78, 5) is 0. The maximum absolute atomic E-state index is 5.34. The van der Waals surface area contributed by atoms with Gasteiger partial charge in [0.1, 0.15) is 0 Å². The van der Waals surface area contributed by atoms with E-state index in [2.05, 4.69) is 24.9 Å². The summed E-state index contributed by atoms with van der Waals surface area (Å²) in [6, 6.07) is 0. The normalized spacial score (nSPS) is 10.4. The van der Waals surface area contributed by atoms with Gasteiger partial charge in [-0.3, -0.25) is 0 Å². The van der Waals surface area contributed by atoms with Crippen molar-refractivity contribution in [2.24, 2.45) is 0 Å². The SMILES string of the molecule is CCCCCOCCNCS. The van der Waals surface area contributed by atoms with Gasteiger partial charge in [-0.25, -0.2) is 0 Å². The van der Waals surface area contributed by atoms with Gasteiger partial charge in [-0.1, -0.05) is 19.8 Å². The molecule has 0 aromatic heterocycles. The highest BCUT2D eigenvalue weighted by Crippen LogP contribution is 1.93. The molecule has 0 radical (unpaired) electrons. The maximum Gasteiger partial charge on any atom is 0.0591 e. The molecule has 0 aromatic rings. The number of rotatable bonds is 8. The zero-order valence-electron chi connectivity index (χ0n) is 7.31. The van der Waals surface area contributed by atoms with Crippen molar-refractivity contribution in [2.75, 3.05) is 25.6 Å². The van der Waals surface area contributed by atoms with Crippen LogP contribution in [0.5, 0.6) is 0 Å². The van der Waals surface area contributed by atoms with Gasteiger partial charge < -0.3 is 10.1 Å². The van der Waals surface area contributed by atoms with Crippen LogP contribution in [0.2, 0.25) is 0 Å². The molecule has 0 atom stereocenters. The van der Waals surface area contributed by atoms with Gasteiger partial charge in [-0.15, -0.1) is 0 Å². The molecule has 0 heterocycles. The molecule has 0 saturated heterocycles. The first-order valence-corrected chi connectivity index (χ1v) is 4.94. The lowest BCUT2D eigenvalue weighted by Crippen LogP contribution is -2.18. The van der Waals surface area contributed by atoms with Crippen LogP contribution >= 0.6 is 12.6 Å². The van der Waals surface area contributed by atoms with Crippen molar-refractivity contribution >= 4 is 12.6 Å². The molecule has 68 valence electrons. The fraction of sp³-hybridized carbons (Fsp3) is 1.00. The third-order valence-corrected chi connectivity index (χ3v) is 1.65. The Balaban J connectivity index is 2.69. The first-order valence-electron chi connectivity index (χ1n) is 4.31. The molecule has 0 aliphatic carbocycles. The van der Waals surface area contributed by atoms with Crippen molar-refractivity contribution in [1.82, 2.24) is 5.32 Å². The number of hydrogen-bond acceptors (Lipinski definition) is 3. The van der Waals surface area contributed by atoms with Crippen molar-refractivity contribution in [3.63, 3.8) is 0 Å². The zero-order valence-corrected chi connectivity index (χ0v) is 8.20. The predicted molar refractivity (Wildman–Crippen MR) is 52.2 cm³/mol. The molecule has 0 spiro atoms. The number of thiol groups is 1. The van der Waals surface area contributed by atoms with Gasteiger partial charge in [-0.05, 0) is 6.42 Å². The smallest absolute Gasteiger partial charge is 0.0591 e. The fourth-order valence-corrected chi connectivity index (χ4v) is 0.938. The minimum atomic E-state index is 0.734. The lowest BCUT2D eigenvalue weighted by molar-refractivity contribution is 0.133. The van der Waals surface area contributed by atoms with Gasteiger partial charge in [-0.2, -0.15) is 12.6 Å². The maximum atomic E-state index is 5.34. The molecular weight excluding hydrogens is 158 g/mol. The number of hydrogen-bond donors (Lipinski definition) is 2. The van der Waals surface area contributed by atoms with Crippen LogP contribution in [0.3, 0.4) is 0 Å². The topological polar surface area (TPSA) is 21.3 Å². The first-order chi connectivity index (χ1) is 5.41. The Bertz CT molecular complexity index is 63.1. The van der Waals surface area contributed by atoms with Crippen LogP contribution < -0.4 is 5.32 Å². The monoisotopic (exact) mass is 177 g/mol. The summed E-state index contributed by atoms with van der Waals surface area (Å²) in [7, 11) is 0. The molecule has 1 N–H and O–H groups in total. The fourth-order valence-electron chi connectivity index (χ4n) is 0.780. The molecule has 0 aliphatic rings. The molecule has 0 fully saturated rings. The number of unbranched alkanes of at least 4 members (excludes halogenated alkanes) is 2. The third kappa shape index (κ3) is 10.3. The second-order valence-electron chi connectivity index (χ2n) is 2.48. The molecule has 2 nitrogen and oxygen atoms in total. The minimum absolute atomic E-state index is 0.734. The van der Waals surface area contributed by atoms with E-state index in [0.717, 1.165) is 25.6 Å². The van der Waals surface area contributed by atoms with Gasteiger partial charge in [0.15, 0.2) is 0 Å². The van der Waals surface area contributed by atoms with Crippen molar-refractivity contribution in [3.8, 4) is 0 Å². The van der Waals surface area contributed by atoms with Crippen molar-refractivity contribution in [2.45, 2.75) is 26.2 Å². The summed E-state index contributed by atoms with van der Waals surface area (Å²) in [5, 5.41) is 3.08. The van der Waals surface area contributed by atoms with E-state index in [-0.39, 0.29) is 0 Å². The number of ether oxygens (including phenoxy) is 1. The molecule has 11 heavy (non-hydrogen) atoms. The van der Waals surface area contributed by atoms with Crippen LogP contribution in [-0.2, 0) is 4.74 Å². The predicted octanol–water partition coefficient (Wildman–Crippen LogP) is 1.67. The summed E-state index contributed by atoms with van der Waals surface area (Å²) in [6.45, 7) is 4.82. The van der Waals surface area contributed by atoms with E-state index in [1.54, 1.807) is 0 Å². The van der Waals surface area contributed by atoms with Crippen LogP contribution in [0, 0.1) is 0 Å². The molecule has 0 saturated carbocycles. The van der Waals surface area contributed by atoms with E-state index in [9.17, 15) is 0 Å². The zero-order chi connectivity index (χ0) is 8.36. The summed E-state index contributed by atoms with van der Waals surface area (Å²) in [5.41, 5.74) is 0. The largest absolute Gasteiger partial charge is 0.380 e. The van der Waals surface area contributed by atoms with E-state index in [4.69, 9.17) is 4.74 Å². The highest BCUT2D eigenvalue weighted by atomic mass is 32.1. The van der Waals surface area contributed by atoms with Gasteiger partial charge in [0.25, 0.3) is 0 Å². The standard InChI is InChI=1S/C8H19NOS/c1-2-3-4-6-10-7-5-9-8-11/h9,11H,2-8H2,1H3. The molecular formula is C8H19NOS. The lowest BCUT2D eigenvalue weighted by atomic mass is 10.3. The molecule has 0 aliphatic heterocycles. The molecule has 0 bridgehead atoms. The third-order valence-electron chi connectivity index (χ3n) is 1.43. The second-order valence-corrected chi connectivity index (χ2v) is 2.79. The molecule has 0 unspecified atom stereocenters. The van der Waals surface area contributed by atoms with Gasteiger partial charge in [0, 0.05) is 19.0 Å². The van der Waals surface area contributed by atoms with E-state index >= 15 is 0 Å². The second kappa shape index (κ2) is 10.3. The Labute approximate surface area is 75.1 Å². The average Bonchev–Trinajstić information content (AvgIpc) is 2.03. The van der Waals surface area contributed by atoms with E-state index in [1.807, 2.05) is 0 Å². The Kier molecular flexibility index (Phi) is 10.5. The van der Waals surface area contributed by atoms with Crippen molar-refractivity contribution in [3.05, 3.63) is 0 Å². The van der Waals surface area contributed by atoms with Crippen molar-refractivity contribution in [1.29, 1.82) is 0 Å². The van der Waals surface area contributed by atoms with Gasteiger partial charge in [0.05, 0.1) is 6.61 Å². The van der Waals surface area contributed by atoms with Crippen LogP contribution in [0.4, 0.5) is 0 Å². The van der Waals surface area contributed by atoms with Crippen LogP contribution in [0.25, 0.3) is 0 Å². The Morgan fingerprint density at radius 3 is 2.73 bits per heavy atom. The van der Waals surface area contributed by atoms with Crippen molar-refractivity contribution < 1.29 is 4.74 Å². The molecule has 0 aromatic carbocycles. The molecule has 3 heteroatoms. The summed E-state index contributed by atoms with van der Waals surface area (Å²) < 4.78 is 5.34.